The maximum Gasteiger partial charge on any atom is 0.347 e. The van der Waals surface area contributed by atoms with E-state index in [0.717, 1.165) is 29.5 Å². The molecule has 1 N–H and O–H groups in total. The highest BCUT2D eigenvalue weighted by atomic mass is 32.2. The molecule has 1 atom stereocenters. The molecule has 3 heterocycles. The number of cyclic esters (lactones) is 1. The van der Waals surface area contributed by atoms with Gasteiger partial charge in [0.2, 0.25) is 6.10 Å². The Morgan fingerprint density at radius 1 is 1.38 bits per heavy atom. The Morgan fingerprint density at radius 3 is 3.08 bits per heavy atom. The van der Waals surface area contributed by atoms with Gasteiger partial charge >= 0.3 is 11.9 Å². The average molecular weight is 394 g/mol. The molecule has 2 aromatic rings. The van der Waals surface area contributed by atoms with Crippen molar-refractivity contribution in [1.82, 2.24) is 9.97 Å². The first-order chi connectivity index (χ1) is 12.6. The fraction of sp³-hybridized carbons (Fsp3) is 0.529. The van der Waals surface area contributed by atoms with Gasteiger partial charge in [-0.05, 0) is 24.8 Å². The van der Waals surface area contributed by atoms with Crippen LogP contribution in [0.3, 0.4) is 0 Å². The number of aryl methyl sites for hydroxylation is 2. The molecular formula is C17H18N2O5S2. The molecule has 0 unspecified atom stereocenters. The summed E-state index contributed by atoms with van der Waals surface area (Å²) in [5.74, 6) is 0.799. The molecule has 1 fully saturated rings. The first kappa shape index (κ1) is 17.5. The number of thiophene rings is 1. The molecule has 1 aliphatic carbocycles. The first-order valence-corrected chi connectivity index (χ1v) is 10.6. The number of carbonyl (C=O) groups is 2. The number of aromatic nitrogens is 2. The highest BCUT2D eigenvalue weighted by Gasteiger charge is 2.29. The van der Waals surface area contributed by atoms with Gasteiger partial charge in [0.15, 0.2) is 0 Å². The Labute approximate surface area is 157 Å². The predicted octanol–water partition coefficient (Wildman–Crippen LogP) is 1.96. The number of H-pyrrole nitrogens is 1. The second-order valence-electron chi connectivity index (χ2n) is 6.29. The number of rotatable bonds is 6. The van der Waals surface area contributed by atoms with Crippen LogP contribution in [-0.4, -0.2) is 40.4 Å². The topological polar surface area (TPSA) is 98.3 Å². The second kappa shape index (κ2) is 7.40. The van der Waals surface area contributed by atoms with E-state index in [1.165, 1.54) is 22.2 Å². The molecule has 1 saturated heterocycles. The van der Waals surface area contributed by atoms with Crippen LogP contribution in [0.1, 0.15) is 35.5 Å². The highest BCUT2D eigenvalue weighted by molar-refractivity contribution is 7.98. The number of nitrogens with zero attached hydrogens (tertiary/aromatic N) is 1. The minimum Gasteiger partial charge on any atom is -0.463 e. The molecule has 4 rings (SSSR count). The van der Waals surface area contributed by atoms with Gasteiger partial charge in [-0.2, -0.15) is 11.8 Å². The van der Waals surface area contributed by atoms with Crippen LogP contribution in [0.4, 0.5) is 0 Å². The lowest BCUT2D eigenvalue weighted by atomic mass is 10.2. The summed E-state index contributed by atoms with van der Waals surface area (Å²) in [6.45, 7) is 0.305. The third-order valence-electron chi connectivity index (χ3n) is 4.47. The Morgan fingerprint density at radius 2 is 2.27 bits per heavy atom. The number of fused-ring (bicyclic) bond motifs is 3. The number of thioether (sulfide) groups is 1. The number of hydrogen-bond donors (Lipinski definition) is 1. The van der Waals surface area contributed by atoms with Crippen molar-refractivity contribution in [2.45, 2.75) is 44.0 Å². The van der Waals surface area contributed by atoms with E-state index in [-0.39, 0.29) is 12.0 Å². The molecule has 138 valence electrons. The number of nitrogens with one attached hydrogen (secondary N) is 1. The van der Waals surface area contributed by atoms with Crippen LogP contribution in [0.2, 0.25) is 0 Å². The number of ether oxygens (including phenoxy) is 2. The number of esters is 2. The van der Waals surface area contributed by atoms with Crippen molar-refractivity contribution in [1.29, 1.82) is 0 Å². The third-order valence-corrected chi connectivity index (χ3v) is 6.63. The van der Waals surface area contributed by atoms with Gasteiger partial charge in [0, 0.05) is 17.1 Å². The summed E-state index contributed by atoms with van der Waals surface area (Å²) < 4.78 is 9.84. The number of carbonyl (C=O) groups excluding carboxylic acids is 2. The Bertz CT molecular complexity index is 920. The van der Waals surface area contributed by atoms with E-state index in [4.69, 9.17) is 9.47 Å². The number of hydrogen-bond acceptors (Lipinski definition) is 8. The van der Waals surface area contributed by atoms with E-state index in [1.54, 1.807) is 11.3 Å². The molecule has 0 bridgehead atoms. The van der Waals surface area contributed by atoms with Gasteiger partial charge in [-0.3, -0.25) is 9.59 Å². The first-order valence-electron chi connectivity index (χ1n) is 8.59. The standard InChI is InChI=1S/C17H18N2O5S2/c20-13(24-10-4-6-23-17(10)22)5-7-25-8-12-18-15(21)14-9-2-1-3-11(9)26-16(14)19-12/h10H,1-8H2,(H,18,19,21)/t10-/m1/s1. The molecule has 2 aromatic heterocycles. The normalized spacial score (nSPS) is 18.9. The lowest BCUT2D eigenvalue weighted by molar-refractivity contribution is -0.159. The Balaban J connectivity index is 1.30. The second-order valence-corrected chi connectivity index (χ2v) is 8.48. The molecule has 2 aliphatic rings. The fourth-order valence-electron chi connectivity index (χ4n) is 3.24. The predicted molar refractivity (Wildman–Crippen MR) is 98.5 cm³/mol. The molecule has 1 aliphatic heterocycles. The summed E-state index contributed by atoms with van der Waals surface area (Å²) in [7, 11) is 0. The van der Waals surface area contributed by atoms with Crippen molar-refractivity contribution in [2.75, 3.05) is 12.4 Å². The molecule has 9 heteroatoms. The van der Waals surface area contributed by atoms with Crippen molar-refractivity contribution in [3.63, 3.8) is 0 Å². The summed E-state index contributed by atoms with van der Waals surface area (Å²) >= 11 is 3.11. The smallest absolute Gasteiger partial charge is 0.347 e. The van der Waals surface area contributed by atoms with E-state index >= 15 is 0 Å². The highest BCUT2D eigenvalue weighted by Crippen LogP contribution is 2.34. The molecule has 0 aromatic carbocycles. The molecule has 7 nitrogen and oxygen atoms in total. The van der Waals surface area contributed by atoms with Crippen molar-refractivity contribution < 1.29 is 19.1 Å². The summed E-state index contributed by atoms with van der Waals surface area (Å²) in [6, 6.07) is 0. The lowest BCUT2D eigenvalue weighted by Crippen LogP contribution is -2.22. The van der Waals surface area contributed by atoms with Gasteiger partial charge < -0.3 is 14.5 Å². The molecule has 26 heavy (non-hydrogen) atoms. The quantitative estimate of drug-likeness (QED) is 0.591. The van der Waals surface area contributed by atoms with E-state index in [1.807, 2.05) is 0 Å². The molecule has 0 saturated carbocycles. The molecule has 0 amide bonds. The monoisotopic (exact) mass is 394 g/mol. The van der Waals surface area contributed by atoms with Gasteiger partial charge in [0.1, 0.15) is 10.7 Å². The van der Waals surface area contributed by atoms with E-state index in [2.05, 4.69) is 9.97 Å². The van der Waals surface area contributed by atoms with Crippen molar-refractivity contribution in [2.24, 2.45) is 0 Å². The zero-order valence-corrected chi connectivity index (χ0v) is 15.7. The van der Waals surface area contributed by atoms with Crippen LogP contribution in [0.15, 0.2) is 4.79 Å². The minimum atomic E-state index is -0.756. The molecule has 0 radical (unpaired) electrons. The Hall–Kier alpha value is -1.87. The van der Waals surface area contributed by atoms with E-state index < -0.39 is 18.0 Å². The zero-order valence-electron chi connectivity index (χ0n) is 14.0. The van der Waals surface area contributed by atoms with Crippen LogP contribution in [0.5, 0.6) is 0 Å². The largest absolute Gasteiger partial charge is 0.463 e. The SMILES string of the molecule is O=C(CCSCc1nc2sc3c(c2c(=O)[nH]1)CCC3)O[C@@H]1CCOC1=O. The van der Waals surface area contributed by atoms with Crippen molar-refractivity contribution in [3.05, 3.63) is 26.6 Å². The third kappa shape index (κ3) is 3.50. The molecule has 0 spiro atoms. The fourth-order valence-corrected chi connectivity index (χ4v) is 5.31. The van der Waals surface area contributed by atoms with Gasteiger partial charge in [-0.1, -0.05) is 0 Å². The summed E-state index contributed by atoms with van der Waals surface area (Å²) in [5, 5.41) is 0.753. The number of aromatic amines is 1. The maximum atomic E-state index is 12.4. The summed E-state index contributed by atoms with van der Waals surface area (Å²) in [4.78, 5) is 44.9. The van der Waals surface area contributed by atoms with Crippen molar-refractivity contribution >= 4 is 45.3 Å². The van der Waals surface area contributed by atoms with Crippen LogP contribution in [-0.2, 0) is 37.7 Å². The van der Waals surface area contributed by atoms with Crippen LogP contribution >= 0.6 is 23.1 Å². The minimum absolute atomic E-state index is 0.0656. The van der Waals surface area contributed by atoms with Gasteiger partial charge in [-0.15, -0.1) is 11.3 Å². The summed E-state index contributed by atoms with van der Waals surface area (Å²) in [5.41, 5.74) is 1.11. The Kier molecular flexibility index (Phi) is 4.99. The average Bonchev–Trinajstić information content (AvgIpc) is 3.28. The van der Waals surface area contributed by atoms with Crippen LogP contribution in [0, 0.1) is 0 Å². The zero-order chi connectivity index (χ0) is 18.1. The van der Waals surface area contributed by atoms with Crippen LogP contribution < -0.4 is 5.56 Å². The van der Waals surface area contributed by atoms with Gasteiger partial charge in [0.05, 0.1) is 24.2 Å². The van der Waals surface area contributed by atoms with Crippen molar-refractivity contribution in [3.8, 4) is 0 Å². The van der Waals surface area contributed by atoms with Crippen LogP contribution in [0.25, 0.3) is 10.2 Å². The maximum absolute atomic E-state index is 12.4. The van der Waals surface area contributed by atoms with Gasteiger partial charge in [0.25, 0.3) is 5.56 Å². The van der Waals surface area contributed by atoms with E-state index in [0.29, 0.717) is 30.4 Å². The lowest BCUT2D eigenvalue weighted by Gasteiger charge is -2.08. The van der Waals surface area contributed by atoms with E-state index in [9.17, 15) is 14.4 Å². The van der Waals surface area contributed by atoms with Gasteiger partial charge in [-0.25, -0.2) is 9.78 Å². The summed E-state index contributed by atoms with van der Waals surface area (Å²) in [6.07, 6.45) is 2.99. The molecular weight excluding hydrogens is 376 g/mol.